The van der Waals surface area contributed by atoms with Gasteiger partial charge in [-0.05, 0) is 41.8 Å². The van der Waals surface area contributed by atoms with E-state index < -0.39 is 0 Å². The molecule has 0 atom stereocenters. The lowest BCUT2D eigenvalue weighted by atomic mass is 10.1. The van der Waals surface area contributed by atoms with Crippen molar-refractivity contribution in [1.29, 1.82) is 0 Å². The van der Waals surface area contributed by atoms with Crippen molar-refractivity contribution in [2.24, 2.45) is 0 Å². The molecule has 3 rings (SSSR count). The van der Waals surface area contributed by atoms with E-state index in [9.17, 15) is 4.79 Å². The molecule has 0 fully saturated rings. The molecule has 23 heavy (non-hydrogen) atoms. The highest BCUT2D eigenvalue weighted by atomic mass is 79.9. The normalized spacial score (nSPS) is 10.9. The van der Waals surface area contributed by atoms with E-state index in [1.165, 1.54) is 0 Å². The van der Waals surface area contributed by atoms with E-state index in [4.69, 9.17) is 11.6 Å². The zero-order valence-electron chi connectivity index (χ0n) is 12.4. The molecule has 0 aliphatic rings. The molecule has 1 heterocycles. The molecular formula is C18H16BrClN2O. The Hall–Kier alpha value is -1.78. The van der Waals surface area contributed by atoms with E-state index in [1.807, 2.05) is 48.7 Å². The Bertz CT molecular complexity index is 844. The molecule has 0 aliphatic heterocycles. The minimum atomic E-state index is 0.0229. The largest absolute Gasteiger partial charge is 0.361 e. The topological polar surface area (TPSA) is 44.9 Å². The lowest BCUT2D eigenvalue weighted by Gasteiger charge is -2.06. The summed E-state index contributed by atoms with van der Waals surface area (Å²) in [6.45, 7) is 0.600. The SMILES string of the molecule is O=C(Cc1ccccc1Br)NCCc1c[nH]c2ccc(Cl)cc12. The van der Waals surface area contributed by atoms with Crippen LogP contribution in [0.1, 0.15) is 11.1 Å². The average Bonchev–Trinajstić information content (AvgIpc) is 2.92. The van der Waals surface area contributed by atoms with Crippen LogP contribution in [0, 0.1) is 0 Å². The summed E-state index contributed by atoms with van der Waals surface area (Å²) < 4.78 is 0.960. The number of rotatable bonds is 5. The van der Waals surface area contributed by atoms with Crippen molar-refractivity contribution in [2.45, 2.75) is 12.8 Å². The number of carbonyl (C=O) groups excluding carboxylic acids is 1. The van der Waals surface area contributed by atoms with Crippen LogP contribution < -0.4 is 5.32 Å². The van der Waals surface area contributed by atoms with Gasteiger partial charge in [0.05, 0.1) is 6.42 Å². The van der Waals surface area contributed by atoms with Gasteiger partial charge in [-0.15, -0.1) is 0 Å². The van der Waals surface area contributed by atoms with E-state index in [0.29, 0.717) is 13.0 Å². The van der Waals surface area contributed by atoms with Crippen molar-refractivity contribution >= 4 is 44.3 Å². The zero-order valence-corrected chi connectivity index (χ0v) is 14.7. The second kappa shape index (κ2) is 7.20. The summed E-state index contributed by atoms with van der Waals surface area (Å²) in [5.41, 5.74) is 3.21. The number of hydrogen-bond donors (Lipinski definition) is 2. The Kier molecular flexibility index (Phi) is 5.03. The Labute approximate surface area is 148 Å². The van der Waals surface area contributed by atoms with Crippen LogP contribution >= 0.6 is 27.5 Å². The first kappa shape index (κ1) is 16.1. The zero-order chi connectivity index (χ0) is 16.2. The molecule has 0 aliphatic carbocycles. The smallest absolute Gasteiger partial charge is 0.224 e. The Morgan fingerprint density at radius 2 is 2.00 bits per heavy atom. The quantitative estimate of drug-likeness (QED) is 0.661. The van der Waals surface area contributed by atoms with Gasteiger partial charge in [0.15, 0.2) is 0 Å². The number of hydrogen-bond acceptors (Lipinski definition) is 1. The molecular weight excluding hydrogens is 376 g/mol. The van der Waals surface area contributed by atoms with Crippen molar-refractivity contribution in [3.63, 3.8) is 0 Å². The molecule has 3 nitrogen and oxygen atoms in total. The summed E-state index contributed by atoms with van der Waals surface area (Å²) >= 11 is 9.51. The molecule has 0 unspecified atom stereocenters. The third-order valence-corrected chi connectivity index (χ3v) is 4.76. The lowest BCUT2D eigenvalue weighted by molar-refractivity contribution is -0.120. The number of benzene rings is 2. The van der Waals surface area contributed by atoms with Gasteiger partial charge in [0.25, 0.3) is 0 Å². The van der Waals surface area contributed by atoms with Gasteiger partial charge in [0.2, 0.25) is 5.91 Å². The molecule has 0 saturated carbocycles. The fourth-order valence-electron chi connectivity index (χ4n) is 2.57. The third-order valence-electron chi connectivity index (χ3n) is 3.75. The van der Waals surface area contributed by atoms with Crippen LogP contribution in [0.3, 0.4) is 0 Å². The summed E-state index contributed by atoms with van der Waals surface area (Å²) in [7, 11) is 0. The van der Waals surface area contributed by atoms with Gasteiger partial charge in [-0.2, -0.15) is 0 Å². The highest BCUT2D eigenvalue weighted by molar-refractivity contribution is 9.10. The Balaban J connectivity index is 1.57. The number of fused-ring (bicyclic) bond motifs is 1. The van der Waals surface area contributed by atoms with E-state index in [0.717, 1.165) is 37.9 Å². The predicted octanol–water partition coefficient (Wildman–Crippen LogP) is 4.49. The fraction of sp³-hybridized carbons (Fsp3) is 0.167. The first-order chi connectivity index (χ1) is 11.1. The van der Waals surface area contributed by atoms with Crippen LogP contribution in [-0.4, -0.2) is 17.4 Å². The highest BCUT2D eigenvalue weighted by Crippen LogP contribution is 2.22. The average molecular weight is 392 g/mol. The van der Waals surface area contributed by atoms with Crippen molar-refractivity contribution in [3.05, 3.63) is 69.3 Å². The van der Waals surface area contributed by atoms with Crippen molar-refractivity contribution < 1.29 is 4.79 Å². The van der Waals surface area contributed by atoms with Crippen molar-refractivity contribution in [3.8, 4) is 0 Å². The molecule has 0 saturated heterocycles. The van der Waals surface area contributed by atoms with Gasteiger partial charge in [-0.25, -0.2) is 0 Å². The van der Waals surface area contributed by atoms with Crippen LogP contribution in [0.4, 0.5) is 0 Å². The maximum Gasteiger partial charge on any atom is 0.224 e. The summed E-state index contributed by atoms with van der Waals surface area (Å²) in [5.74, 6) is 0.0229. The van der Waals surface area contributed by atoms with Gasteiger partial charge in [0, 0.05) is 33.1 Å². The Morgan fingerprint density at radius 1 is 1.17 bits per heavy atom. The van der Waals surface area contributed by atoms with E-state index in [2.05, 4.69) is 26.2 Å². The first-order valence-electron chi connectivity index (χ1n) is 7.39. The Morgan fingerprint density at radius 3 is 2.83 bits per heavy atom. The molecule has 2 N–H and O–H groups in total. The van der Waals surface area contributed by atoms with Crippen molar-refractivity contribution in [2.75, 3.05) is 6.54 Å². The van der Waals surface area contributed by atoms with E-state index >= 15 is 0 Å². The first-order valence-corrected chi connectivity index (χ1v) is 8.56. The minimum Gasteiger partial charge on any atom is -0.361 e. The van der Waals surface area contributed by atoms with E-state index in [1.54, 1.807) is 0 Å². The monoisotopic (exact) mass is 390 g/mol. The molecule has 2 aromatic carbocycles. The number of carbonyl (C=O) groups is 1. The highest BCUT2D eigenvalue weighted by Gasteiger charge is 2.08. The number of H-pyrrole nitrogens is 1. The maximum absolute atomic E-state index is 12.0. The number of nitrogens with one attached hydrogen (secondary N) is 2. The lowest BCUT2D eigenvalue weighted by Crippen LogP contribution is -2.27. The number of aromatic amines is 1. The predicted molar refractivity (Wildman–Crippen MR) is 97.9 cm³/mol. The van der Waals surface area contributed by atoms with Gasteiger partial charge in [-0.3, -0.25) is 4.79 Å². The van der Waals surface area contributed by atoms with E-state index in [-0.39, 0.29) is 5.91 Å². The molecule has 118 valence electrons. The third kappa shape index (κ3) is 3.95. The van der Waals surface area contributed by atoms with Gasteiger partial charge in [-0.1, -0.05) is 45.7 Å². The van der Waals surface area contributed by atoms with Crippen LogP contribution in [0.2, 0.25) is 5.02 Å². The molecule has 5 heteroatoms. The second-order valence-corrected chi connectivity index (χ2v) is 6.66. The summed E-state index contributed by atoms with van der Waals surface area (Å²) in [6, 6.07) is 13.5. The van der Waals surface area contributed by atoms with Crippen LogP contribution in [0.15, 0.2) is 53.1 Å². The molecule has 0 radical (unpaired) electrons. The molecule has 1 amide bonds. The second-order valence-electron chi connectivity index (χ2n) is 5.37. The van der Waals surface area contributed by atoms with Gasteiger partial charge < -0.3 is 10.3 Å². The summed E-state index contributed by atoms with van der Waals surface area (Å²) in [4.78, 5) is 15.3. The summed E-state index contributed by atoms with van der Waals surface area (Å²) in [6.07, 6.45) is 3.12. The standard InChI is InChI=1S/C18H16BrClN2O/c19-16-4-2-1-3-12(16)9-18(23)21-8-7-13-11-22-17-6-5-14(20)10-15(13)17/h1-6,10-11,22H,7-9H2,(H,21,23). The number of amides is 1. The molecule has 0 bridgehead atoms. The van der Waals surface area contributed by atoms with Crippen LogP contribution in [0.25, 0.3) is 10.9 Å². The molecule has 3 aromatic rings. The van der Waals surface area contributed by atoms with Crippen molar-refractivity contribution in [1.82, 2.24) is 10.3 Å². The molecule has 1 aromatic heterocycles. The maximum atomic E-state index is 12.0. The van der Waals surface area contributed by atoms with Gasteiger partial charge in [0.1, 0.15) is 0 Å². The summed E-state index contributed by atoms with van der Waals surface area (Å²) in [5, 5.41) is 4.80. The molecule has 0 spiro atoms. The number of halogens is 2. The van der Waals surface area contributed by atoms with Gasteiger partial charge >= 0.3 is 0 Å². The number of aromatic nitrogens is 1. The van der Waals surface area contributed by atoms with Crippen LogP contribution in [0.5, 0.6) is 0 Å². The van der Waals surface area contributed by atoms with Crippen LogP contribution in [-0.2, 0) is 17.6 Å². The fourth-order valence-corrected chi connectivity index (χ4v) is 3.17. The minimum absolute atomic E-state index is 0.0229.